The Morgan fingerprint density at radius 1 is 0.704 bits per heavy atom. The molecule has 0 spiro atoms. The zero-order chi connectivity index (χ0) is 18.6. The van der Waals surface area contributed by atoms with Crippen molar-refractivity contribution in [3.63, 3.8) is 0 Å². The first-order valence-corrected chi connectivity index (χ1v) is 11.5. The van der Waals surface area contributed by atoms with Gasteiger partial charge in [-0.1, -0.05) is 25.7 Å². The van der Waals surface area contributed by atoms with Crippen molar-refractivity contribution >= 4 is 11.8 Å². The number of likely N-dealkylation sites (tertiary alicyclic amines) is 2. The Hall–Kier alpha value is -1.10. The first-order chi connectivity index (χ1) is 13.2. The highest BCUT2D eigenvalue weighted by atomic mass is 16.2. The van der Waals surface area contributed by atoms with E-state index in [1.807, 2.05) is 0 Å². The molecular formula is C22H37N3O2. The zero-order valence-corrected chi connectivity index (χ0v) is 16.8. The van der Waals surface area contributed by atoms with Crippen LogP contribution in [0.1, 0.15) is 77.0 Å². The normalized spacial score (nSPS) is 29.3. The van der Waals surface area contributed by atoms with Crippen LogP contribution in [0.3, 0.4) is 0 Å². The molecule has 1 atom stereocenters. The molecule has 1 N–H and O–H groups in total. The van der Waals surface area contributed by atoms with Crippen LogP contribution in [0.5, 0.6) is 0 Å². The summed E-state index contributed by atoms with van der Waals surface area (Å²) in [4.78, 5) is 29.7. The number of hydrogen-bond acceptors (Lipinski definition) is 3. The number of carbonyl (C=O) groups excluding carboxylic acids is 2. The van der Waals surface area contributed by atoms with Gasteiger partial charge in [0.2, 0.25) is 11.8 Å². The van der Waals surface area contributed by atoms with E-state index in [-0.39, 0.29) is 5.92 Å². The minimum Gasteiger partial charge on any atom is -0.353 e. The van der Waals surface area contributed by atoms with Crippen LogP contribution in [0.15, 0.2) is 0 Å². The molecule has 2 aliphatic heterocycles. The second kappa shape index (κ2) is 8.93. The van der Waals surface area contributed by atoms with Gasteiger partial charge in [0.25, 0.3) is 0 Å². The van der Waals surface area contributed by atoms with Gasteiger partial charge in [-0.05, 0) is 57.9 Å². The maximum Gasteiger partial charge on any atom is 0.225 e. The van der Waals surface area contributed by atoms with Crippen molar-refractivity contribution in [3.8, 4) is 0 Å². The first kappa shape index (κ1) is 19.2. The average molecular weight is 376 g/mol. The van der Waals surface area contributed by atoms with Crippen LogP contribution in [0.4, 0.5) is 0 Å². The molecule has 4 fully saturated rings. The van der Waals surface area contributed by atoms with Crippen LogP contribution in [0.25, 0.3) is 0 Å². The largest absolute Gasteiger partial charge is 0.353 e. The molecule has 0 aromatic heterocycles. The summed E-state index contributed by atoms with van der Waals surface area (Å²) in [5.41, 5.74) is 0. The van der Waals surface area contributed by atoms with Gasteiger partial charge in [-0.2, -0.15) is 0 Å². The van der Waals surface area contributed by atoms with Crippen molar-refractivity contribution < 1.29 is 9.59 Å². The van der Waals surface area contributed by atoms with E-state index in [9.17, 15) is 9.59 Å². The molecule has 1 unspecified atom stereocenters. The summed E-state index contributed by atoms with van der Waals surface area (Å²) in [6.45, 7) is 3.86. The predicted octanol–water partition coefficient (Wildman–Crippen LogP) is 2.94. The fourth-order valence-electron chi connectivity index (χ4n) is 5.33. The summed E-state index contributed by atoms with van der Waals surface area (Å²) in [6.07, 6.45) is 14.0. The van der Waals surface area contributed by atoms with Gasteiger partial charge in [-0.3, -0.25) is 14.5 Å². The van der Waals surface area contributed by atoms with Gasteiger partial charge in [0.1, 0.15) is 0 Å². The molecule has 0 radical (unpaired) electrons. The Labute approximate surface area is 164 Å². The van der Waals surface area contributed by atoms with E-state index >= 15 is 0 Å². The summed E-state index contributed by atoms with van der Waals surface area (Å²) >= 11 is 0. The van der Waals surface area contributed by atoms with Crippen LogP contribution in [0.2, 0.25) is 0 Å². The van der Waals surface area contributed by atoms with E-state index in [1.54, 1.807) is 0 Å². The second-order valence-corrected chi connectivity index (χ2v) is 9.36. The SMILES string of the molecule is O=C(NC1CCCCCC1)C1CCCN(C2CCN(C(=O)C3CC3)CC2)C1. The summed E-state index contributed by atoms with van der Waals surface area (Å²) in [6, 6.07) is 0.966. The minimum atomic E-state index is 0.160. The maximum absolute atomic E-state index is 12.8. The van der Waals surface area contributed by atoms with Gasteiger partial charge >= 0.3 is 0 Å². The molecule has 2 saturated carbocycles. The summed E-state index contributed by atoms with van der Waals surface area (Å²) in [7, 11) is 0. The molecule has 2 heterocycles. The lowest BCUT2D eigenvalue weighted by Gasteiger charge is -2.42. The van der Waals surface area contributed by atoms with Gasteiger partial charge in [0.05, 0.1) is 5.92 Å². The molecule has 2 saturated heterocycles. The lowest BCUT2D eigenvalue weighted by Crippen LogP contribution is -2.52. The molecule has 2 amide bonds. The Morgan fingerprint density at radius 3 is 2.07 bits per heavy atom. The van der Waals surface area contributed by atoms with E-state index in [2.05, 4.69) is 15.1 Å². The standard InChI is InChI=1S/C22H37N3O2/c26-21(23-19-7-3-1-2-4-8-19)18-6-5-13-25(16-18)20-11-14-24(15-12-20)22(27)17-9-10-17/h17-20H,1-16H2,(H,23,26). The van der Waals surface area contributed by atoms with E-state index in [1.165, 1.54) is 25.7 Å². The molecule has 5 nitrogen and oxygen atoms in total. The first-order valence-electron chi connectivity index (χ1n) is 11.5. The van der Waals surface area contributed by atoms with Crippen LogP contribution < -0.4 is 5.32 Å². The lowest BCUT2D eigenvalue weighted by atomic mass is 9.92. The van der Waals surface area contributed by atoms with Gasteiger partial charge in [-0.15, -0.1) is 0 Å². The molecule has 152 valence electrons. The Bertz CT molecular complexity index is 518. The van der Waals surface area contributed by atoms with Crippen LogP contribution in [-0.2, 0) is 9.59 Å². The van der Waals surface area contributed by atoms with Crippen molar-refractivity contribution in [2.75, 3.05) is 26.2 Å². The topological polar surface area (TPSA) is 52.7 Å². The Kier molecular flexibility index (Phi) is 6.36. The van der Waals surface area contributed by atoms with Crippen LogP contribution in [-0.4, -0.2) is 59.9 Å². The zero-order valence-electron chi connectivity index (χ0n) is 16.8. The summed E-state index contributed by atoms with van der Waals surface area (Å²) < 4.78 is 0. The van der Waals surface area contributed by atoms with Crippen LogP contribution >= 0.6 is 0 Å². The summed E-state index contributed by atoms with van der Waals surface area (Å²) in [5.74, 6) is 1.20. The van der Waals surface area contributed by atoms with E-state index < -0.39 is 0 Å². The smallest absolute Gasteiger partial charge is 0.225 e. The molecular weight excluding hydrogens is 338 g/mol. The van der Waals surface area contributed by atoms with Crippen molar-refractivity contribution in [1.82, 2.24) is 15.1 Å². The highest BCUT2D eigenvalue weighted by Crippen LogP contribution is 2.32. The molecule has 0 aromatic carbocycles. The number of nitrogens with one attached hydrogen (secondary N) is 1. The molecule has 4 aliphatic rings. The van der Waals surface area contributed by atoms with Crippen molar-refractivity contribution in [1.29, 1.82) is 0 Å². The van der Waals surface area contributed by atoms with Crippen molar-refractivity contribution in [2.24, 2.45) is 11.8 Å². The van der Waals surface area contributed by atoms with Gasteiger partial charge in [0, 0.05) is 37.6 Å². The number of amides is 2. The quantitative estimate of drug-likeness (QED) is 0.769. The highest BCUT2D eigenvalue weighted by molar-refractivity contribution is 5.81. The fraction of sp³-hybridized carbons (Fsp3) is 0.909. The third-order valence-electron chi connectivity index (χ3n) is 7.24. The monoisotopic (exact) mass is 375 g/mol. The number of rotatable bonds is 4. The molecule has 0 aromatic rings. The molecule has 5 heteroatoms. The number of hydrogen-bond donors (Lipinski definition) is 1. The molecule has 4 rings (SSSR count). The van der Waals surface area contributed by atoms with Crippen LogP contribution in [0, 0.1) is 11.8 Å². The van der Waals surface area contributed by atoms with E-state index in [0.717, 1.165) is 77.5 Å². The molecule has 0 bridgehead atoms. The van der Waals surface area contributed by atoms with Crippen molar-refractivity contribution in [2.45, 2.75) is 89.1 Å². The van der Waals surface area contributed by atoms with Gasteiger partial charge in [-0.25, -0.2) is 0 Å². The number of piperidine rings is 2. The van der Waals surface area contributed by atoms with E-state index in [0.29, 0.717) is 29.8 Å². The lowest BCUT2D eigenvalue weighted by molar-refractivity contribution is -0.134. The predicted molar refractivity (Wildman–Crippen MR) is 106 cm³/mol. The fourth-order valence-corrected chi connectivity index (χ4v) is 5.33. The highest BCUT2D eigenvalue weighted by Gasteiger charge is 2.37. The minimum absolute atomic E-state index is 0.160. The Morgan fingerprint density at radius 2 is 1.41 bits per heavy atom. The number of nitrogens with zero attached hydrogens (tertiary/aromatic N) is 2. The third kappa shape index (κ3) is 5.04. The number of carbonyl (C=O) groups is 2. The second-order valence-electron chi connectivity index (χ2n) is 9.36. The van der Waals surface area contributed by atoms with E-state index in [4.69, 9.17) is 0 Å². The molecule has 2 aliphatic carbocycles. The van der Waals surface area contributed by atoms with Gasteiger partial charge in [0.15, 0.2) is 0 Å². The van der Waals surface area contributed by atoms with Gasteiger partial charge < -0.3 is 10.2 Å². The Balaban J connectivity index is 1.24. The third-order valence-corrected chi connectivity index (χ3v) is 7.24. The maximum atomic E-state index is 12.8. The molecule has 27 heavy (non-hydrogen) atoms. The average Bonchev–Trinajstić information content (AvgIpc) is 3.56. The summed E-state index contributed by atoms with van der Waals surface area (Å²) in [5, 5.41) is 3.37. The van der Waals surface area contributed by atoms with Crippen molar-refractivity contribution in [3.05, 3.63) is 0 Å².